The maximum absolute atomic E-state index is 12.3. The van der Waals surface area contributed by atoms with Gasteiger partial charge >= 0.3 is 5.97 Å². The number of hydrogen-bond donors (Lipinski definition) is 0. The van der Waals surface area contributed by atoms with E-state index in [1.807, 2.05) is 13.8 Å². The van der Waals surface area contributed by atoms with Crippen molar-refractivity contribution in [2.75, 3.05) is 13.2 Å². The second-order valence-corrected chi connectivity index (χ2v) is 6.12. The van der Waals surface area contributed by atoms with Crippen molar-refractivity contribution in [3.8, 4) is 11.5 Å². The second-order valence-electron chi connectivity index (χ2n) is 6.12. The van der Waals surface area contributed by atoms with E-state index in [0.29, 0.717) is 41.4 Å². The van der Waals surface area contributed by atoms with Crippen LogP contribution < -0.4 is 9.47 Å². The lowest BCUT2D eigenvalue weighted by Crippen LogP contribution is -2.08. The third-order valence-corrected chi connectivity index (χ3v) is 4.22. The van der Waals surface area contributed by atoms with Crippen LogP contribution in [0.1, 0.15) is 30.5 Å². The molecule has 1 aliphatic heterocycles. The van der Waals surface area contributed by atoms with E-state index < -0.39 is 10.9 Å². The molecule has 0 bridgehead atoms. The van der Waals surface area contributed by atoms with Crippen LogP contribution in [0, 0.1) is 17.0 Å². The Balaban J connectivity index is 1.96. The van der Waals surface area contributed by atoms with Gasteiger partial charge in [-0.1, -0.05) is 12.1 Å². The number of rotatable bonds is 7. The third kappa shape index (κ3) is 4.26. The zero-order valence-electron chi connectivity index (χ0n) is 16.3. The molecule has 0 N–H and O–H groups in total. The van der Waals surface area contributed by atoms with Crippen molar-refractivity contribution in [2.45, 2.75) is 20.8 Å². The summed E-state index contributed by atoms with van der Waals surface area (Å²) in [5.41, 5.74) is 1.50. The molecule has 0 aromatic heterocycles. The molecule has 1 aliphatic rings. The van der Waals surface area contributed by atoms with Gasteiger partial charge in [0.25, 0.3) is 5.69 Å². The summed E-state index contributed by atoms with van der Waals surface area (Å²) < 4.78 is 16.4. The van der Waals surface area contributed by atoms with E-state index in [2.05, 4.69) is 4.99 Å². The summed E-state index contributed by atoms with van der Waals surface area (Å²) in [6, 6.07) is 9.83. The molecule has 1 heterocycles. The van der Waals surface area contributed by atoms with E-state index in [4.69, 9.17) is 14.2 Å². The Labute approximate surface area is 167 Å². The van der Waals surface area contributed by atoms with Gasteiger partial charge in [-0.2, -0.15) is 0 Å². The molecule has 0 unspecified atom stereocenters. The fourth-order valence-corrected chi connectivity index (χ4v) is 2.89. The number of hydrogen-bond acceptors (Lipinski definition) is 7. The molecule has 0 radical (unpaired) electrons. The number of nitrogens with zero attached hydrogens (tertiary/aromatic N) is 2. The Bertz CT molecular complexity index is 1030. The number of aliphatic imine (C=N–C) groups is 1. The van der Waals surface area contributed by atoms with Gasteiger partial charge in [-0.25, -0.2) is 9.79 Å². The largest absolute Gasteiger partial charge is 0.490 e. The molecule has 0 aliphatic carbocycles. The number of esters is 1. The zero-order valence-corrected chi connectivity index (χ0v) is 16.3. The number of carbonyl (C=O) groups is 1. The van der Waals surface area contributed by atoms with Crippen molar-refractivity contribution in [3.63, 3.8) is 0 Å². The normalized spacial score (nSPS) is 14.5. The predicted molar refractivity (Wildman–Crippen MR) is 107 cm³/mol. The highest BCUT2D eigenvalue weighted by molar-refractivity contribution is 6.13. The van der Waals surface area contributed by atoms with Crippen LogP contribution in [0.2, 0.25) is 0 Å². The Kier molecular flexibility index (Phi) is 5.92. The minimum absolute atomic E-state index is 0.0402. The molecule has 8 nitrogen and oxygen atoms in total. The van der Waals surface area contributed by atoms with Gasteiger partial charge in [0.1, 0.15) is 0 Å². The van der Waals surface area contributed by atoms with Crippen LogP contribution in [0.25, 0.3) is 6.08 Å². The van der Waals surface area contributed by atoms with Gasteiger partial charge in [-0.3, -0.25) is 10.1 Å². The second kappa shape index (κ2) is 8.55. The van der Waals surface area contributed by atoms with Crippen molar-refractivity contribution in [1.82, 2.24) is 0 Å². The fourth-order valence-electron chi connectivity index (χ4n) is 2.89. The summed E-state index contributed by atoms with van der Waals surface area (Å²) in [4.78, 5) is 27.2. The summed E-state index contributed by atoms with van der Waals surface area (Å²) >= 11 is 0. The van der Waals surface area contributed by atoms with Gasteiger partial charge in [0.05, 0.1) is 18.1 Å². The van der Waals surface area contributed by atoms with E-state index in [1.165, 1.54) is 12.1 Å². The van der Waals surface area contributed by atoms with Crippen molar-refractivity contribution < 1.29 is 23.9 Å². The molecule has 8 heteroatoms. The van der Waals surface area contributed by atoms with Gasteiger partial charge in [-0.05, 0) is 50.6 Å². The first-order valence-electron chi connectivity index (χ1n) is 9.11. The van der Waals surface area contributed by atoms with Crippen molar-refractivity contribution in [1.29, 1.82) is 0 Å². The minimum atomic E-state index is -0.627. The highest BCUT2D eigenvalue weighted by Crippen LogP contribution is 2.31. The third-order valence-electron chi connectivity index (χ3n) is 4.22. The topological polar surface area (TPSA) is 100 Å². The lowest BCUT2D eigenvalue weighted by molar-refractivity contribution is -0.385. The SMILES string of the molecule is CCOc1ccc(/C=C2\N=C(c3cccc([N+](=O)[O-])c3C)OC2=O)cc1OCC. The molecule has 3 rings (SSSR count). The monoisotopic (exact) mass is 396 g/mol. The molecule has 0 amide bonds. The van der Waals surface area contributed by atoms with E-state index in [0.717, 1.165) is 0 Å². The van der Waals surface area contributed by atoms with Gasteiger partial charge in [0, 0.05) is 17.2 Å². The molecule has 150 valence electrons. The van der Waals surface area contributed by atoms with E-state index >= 15 is 0 Å². The number of carbonyl (C=O) groups excluding carboxylic acids is 1. The number of benzene rings is 2. The van der Waals surface area contributed by atoms with E-state index in [-0.39, 0.29) is 17.3 Å². The molecule has 2 aromatic carbocycles. The lowest BCUT2D eigenvalue weighted by atomic mass is 10.1. The van der Waals surface area contributed by atoms with Crippen LogP contribution in [0.5, 0.6) is 11.5 Å². The van der Waals surface area contributed by atoms with Gasteiger partial charge in [0.2, 0.25) is 5.90 Å². The molecule has 0 saturated heterocycles. The predicted octanol–water partition coefficient (Wildman–Crippen LogP) is 4.05. The van der Waals surface area contributed by atoms with Crippen molar-refractivity contribution >= 4 is 23.6 Å². The van der Waals surface area contributed by atoms with Gasteiger partial charge in [-0.15, -0.1) is 0 Å². The Morgan fingerprint density at radius 3 is 2.55 bits per heavy atom. The van der Waals surface area contributed by atoms with Crippen LogP contribution in [-0.4, -0.2) is 30.0 Å². The highest BCUT2D eigenvalue weighted by Gasteiger charge is 2.27. The van der Waals surface area contributed by atoms with E-state index in [9.17, 15) is 14.9 Å². The molecule has 0 spiro atoms. The molecular weight excluding hydrogens is 376 g/mol. The molecule has 0 atom stereocenters. The first kappa shape index (κ1) is 20.1. The van der Waals surface area contributed by atoms with Crippen LogP contribution in [0.4, 0.5) is 5.69 Å². The van der Waals surface area contributed by atoms with E-state index in [1.54, 1.807) is 37.3 Å². The van der Waals surface area contributed by atoms with Crippen LogP contribution in [0.3, 0.4) is 0 Å². The Morgan fingerprint density at radius 2 is 1.86 bits per heavy atom. The quantitative estimate of drug-likeness (QED) is 0.303. The molecule has 0 fully saturated rings. The summed E-state index contributed by atoms with van der Waals surface area (Å²) in [5, 5.41) is 11.1. The standard InChI is InChI=1S/C21H20N2O6/c1-4-27-18-10-9-14(12-19(18)28-5-2)11-16-21(24)29-20(22-16)15-7-6-8-17(13(15)3)23(25)26/h6-12H,4-5H2,1-3H3/b16-11-. The van der Waals surface area contributed by atoms with Crippen LogP contribution in [-0.2, 0) is 9.53 Å². The summed E-state index contributed by atoms with van der Waals surface area (Å²) in [7, 11) is 0. The Hall–Kier alpha value is -3.68. The molecule has 0 saturated carbocycles. The highest BCUT2D eigenvalue weighted by atomic mass is 16.6. The summed E-state index contributed by atoms with van der Waals surface area (Å²) in [6.07, 6.45) is 1.57. The zero-order chi connectivity index (χ0) is 21.0. The fraction of sp³-hybridized carbons (Fsp3) is 0.238. The number of cyclic esters (lactones) is 1. The van der Waals surface area contributed by atoms with Crippen LogP contribution >= 0.6 is 0 Å². The van der Waals surface area contributed by atoms with Crippen molar-refractivity contribution in [2.24, 2.45) is 4.99 Å². The van der Waals surface area contributed by atoms with Crippen LogP contribution in [0.15, 0.2) is 47.1 Å². The molecule has 29 heavy (non-hydrogen) atoms. The number of nitro groups is 1. The maximum Gasteiger partial charge on any atom is 0.363 e. The molecular formula is C21H20N2O6. The maximum atomic E-state index is 12.3. The summed E-state index contributed by atoms with van der Waals surface area (Å²) in [5.74, 6) is 0.590. The smallest absolute Gasteiger partial charge is 0.363 e. The minimum Gasteiger partial charge on any atom is -0.490 e. The molecule has 2 aromatic rings. The van der Waals surface area contributed by atoms with Gasteiger partial charge < -0.3 is 14.2 Å². The Morgan fingerprint density at radius 1 is 1.14 bits per heavy atom. The average Bonchev–Trinajstić information content (AvgIpc) is 3.04. The average molecular weight is 396 g/mol. The summed E-state index contributed by atoms with van der Waals surface area (Å²) in [6.45, 7) is 6.31. The van der Waals surface area contributed by atoms with Crippen molar-refractivity contribution in [3.05, 3.63) is 68.9 Å². The number of nitro benzene ring substituents is 1. The number of ether oxygens (including phenoxy) is 3. The lowest BCUT2D eigenvalue weighted by Gasteiger charge is -2.11. The first-order chi connectivity index (χ1) is 13.9. The van der Waals surface area contributed by atoms with Gasteiger partial charge in [0.15, 0.2) is 17.2 Å². The first-order valence-corrected chi connectivity index (χ1v) is 9.11.